The van der Waals surface area contributed by atoms with Crippen LogP contribution in [0.4, 0.5) is 11.4 Å². The topological polar surface area (TPSA) is 77.1 Å². The lowest BCUT2D eigenvalue weighted by atomic mass is 9.78. The summed E-state index contributed by atoms with van der Waals surface area (Å²) >= 11 is 6.31. The van der Waals surface area contributed by atoms with Gasteiger partial charge in [0.05, 0.1) is 39.0 Å². The second-order valence-electron chi connectivity index (χ2n) is 9.45. The zero-order valence-corrected chi connectivity index (χ0v) is 23.4. The molecule has 0 radical (unpaired) electrons. The molecular weight excluding hydrogens is 528 g/mol. The van der Waals surface area contributed by atoms with Gasteiger partial charge in [0, 0.05) is 22.3 Å². The molecule has 1 aliphatic rings. The zero-order chi connectivity index (χ0) is 28.4. The number of carbonyl (C=O) groups excluding carboxylic acids is 2. The maximum absolute atomic E-state index is 14.3. The Morgan fingerprint density at radius 1 is 0.850 bits per heavy atom. The number of ether oxygens (including phenoxy) is 3. The van der Waals surface area contributed by atoms with Crippen molar-refractivity contribution in [2.75, 3.05) is 31.5 Å². The summed E-state index contributed by atoms with van der Waals surface area (Å²) in [5.41, 5.74) is 3.80. The minimum absolute atomic E-state index is 0.203. The van der Waals surface area contributed by atoms with Gasteiger partial charge in [-0.3, -0.25) is 14.5 Å². The molecule has 1 aliphatic heterocycles. The van der Waals surface area contributed by atoms with Gasteiger partial charge < -0.3 is 19.5 Å². The lowest BCUT2D eigenvalue weighted by molar-refractivity contribution is -0.118. The van der Waals surface area contributed by atoms with Crippen LogP contribution < -0.4 is 24.4 Å². The third kappa shape index (κ3) is 4.96. The summed E-state index contributed by atoms with van der Waals surface area (Å²) in [4.78, 5) is 30.1. The number of anilines is 2. The highest BCUT2D eigenvalue weighted by Crippen LogP contribution is 2.46. The van der Waals surface area contributed by atoms with E-state index in [4.69, 9.17) is 25.8 Å². The number of halogens is 1. The fourth-order valence-electron chi connectivity index (χ4n) is 5.13. The summed E-state index contributed by atoms with van der Waals surface area (Å²) in [6, 6.07) is 24.7. The first-order valence-electron chi connectivity index (χ1n) is 12.7. The Balaban J connectivity index is 1.69. The first-order chi connectivity index (χ1) is 19.4. The maximum atomic E-state index is 14.3. The molecule has 7 nitrogen and oxygen atoms in total. The van der Waals surface area contributed by atoms with Crippen LogP contribution in [-0.2, 0) is 4.79 Å². The molecule has 0 saturated heterocycles. The number of nitrogens with zero attached hydrogens (tertiary/aromatic N) is 1. The van der Waals surface area contributed by atoms with E-state index in [0.717, 1.165) is 11.1 Å². The number of nitrogens with one attached hydrogen (secondary N) is 1. The Bertz CT molecular complexity index is 1550. The Morgan fingerprint density at radius 2 is 1.48 bits per heavy atom. The van der Waals surface area contributed by atoms with Crippen molar-refractivity contribution in [3.63, 3.8) is 0 Å². The average Bonchev–Trinajstić information content (AvgIpc) is 2.99. The van der Waals surface area contributed by atoms with E-state index >= 15 is 0 Å². The van der Waals surface area contributed by atoms with Crippen molar-refractivity contribution in [3.05, 3.63) is 112 Å². The van der Waals surface area contributed by atoms with E-state index in [2.05, 4.69) is 5.32 Å². The SMILES string of the molecule is COc1ccc([C@H]2[C@H](C(=O)Nc3cc(C)c(Cl)cc3OC)c3ccccc3C(=O)N2c2ccc(OC)cc2)cc1. The molecule has 2 amide bonds. The Labute approximate surface area is 238 Å². The summed E-state index contributed by atoms with van der Waals surface area (Å²) in [7, 11) is 4.71. The summed E-state index contributed by atoms with van der Waals surface area (Å²) in [6.45, 7) is 1.86. The van der Waals surface area contributed by atoms with Gasteiger partial charge in [-0.2, -0.15) is 0 Å². The van der Waals surface area contributed by atoms with Crippen molar-refractivity contribution < 1.29 is 23.8 Å². The van der Waals surface area contributed by atoms with E-state index in [1.54, 1.807) is 55.5 Å². The molecule has 1 heterocycles. The van der Waals surface area contributed by atoms with Crippen LogP contribution in [0.15, 0.2) is 84.9 Å². The van der Waals surface area contributed by atoms with Gasteiger partial charge in [0.2, 0.25) is 5.91 Å². The molecule has 8 heteroatoms. The maximum Gasteiger partial charge on any atom is 0.259 e. The van der Waals surface area contributed by atoms with Gasteiger partial charge in [0.15, 0.2) is 0 Å². The third-order valence-corrected chi connectivity index (χ3v) is 7.58. The van der Waals surface area contributed by atoms with E-state index in [0.29, 0.717) is 44.8 Å². The molecule has 40 heavy (non-hydrogen) atoms. The predicted molar refractivity (Wildman–Crippen MR) is 156 cm³/mol. The van der Waals surface area contributed by atoms with E-state index in [1.807, 2.05) is 55.5 Å². The molecule has 0 bridgehead atoms. The molecule has 204 valence electrons. The fourth-order valence-corrected chi connectivity index (χ4v) is 5.28. The number of benzene rings is 4. The number of fused-ring (bicyclic) bond motifs is 1. The molecule has 0 fully saturated rings. The Morgan fingerprint density at radius 3 is 2.10 bits per heavy atom. The molecule has 0 aromatic heterocycles. The van der Waals surface area contributed by atoms with Gasteiger partial charge in [0.1, 0.15) is 17.2 Å². The van der Waals surface area contributed by atoms with Crippen LogP contribution in [0.5, 0.6) is 17.2 Å². The van der Waals surface area contributed by atoms with Crippen molar-refractivity contribution in [2.24, 2.45) is 0 Å². The number of methoxy groups -OCH3 is 3. The van der Waals surface area contributed by atoms with Crippen molar-refractivity contribution in [2.45, 2.75) is 18.9 Å². The van der Waals surface area contributed by atoms with Crippen LogP contribution in [0.2, 0.25) is 5.02 Å². The third-order valence-electron chi connectivity index (χ3n) is 7.17. The Hall–Kier alpha value is -4.49. The second kappa shape index (κ2) is 11.3. The molecule has 4 aromatic rings. The van der Waals surface area contributed by atoms with E-state index < -0.39 is 12.0 Å². The average molecular weight is 557 g/mol. The molecular formula is C32H29ClN2O5. The van der Waals surface area contributed by atoms with E-state index in [9.17, 15) is 9.59 Å². The first kappa shape index (κ1) is 27.1. The Kier molecular flexibility index (Phi) is 7.67. The fraction of sp³-hybridized carbons (Fsp3) is 0.188. The highest BCUT2D eigenvalue weighted by Gasteiger charge is 2.45. The normalized spacial score (nSPS) is 16.2. The number of amides is 2. The molecule has 0 spiro atoms. The predicted octanol–water partition coefficient (Wildman–Crippen LogP) is 6.80. The standard InChI is InChI=1S/C32H29ClN2O5/c1-19-17-27(28(40-4)18-26(19)33)34-31(36)29-24-7-5-6-8-25(24)32(37)35(21-11-15-23(39-3)16-12-21)30(29)20-9-13-22(38-2)14-10-20/h5-18,29-30H,1-4H3,(H,34,36)/t29-,30+/m1/s1. The van der Waals surface area contributed by atoms with Crippen molar-refractivity contribution in [3.8, 4) is 17.2 Å². The second-order valence-corrected chi connectivity index (χ2v) is 9.85. The smallest absolute Gasteiger partial charge is 0.259 e. The van der Waals surface area contributed by atoms with E-state index in [-0.39, 0.29) is 11.8 Å². The number of hydrogen-bond donors (Lipinski definition) is 1. The molecule has 0 aliphatic carbocycles. The van der Waals surface area contributed by atoms with Crippen LogP contribution in [0.3, 0.4) is 0 Å². The van der Waals surface area contributed by atoms with Crippen molar-refractivity contribution in [1.82, 2.24) is 0 Å². The van der Waals surface area contributed by atoms with Gasteiger partial charge in [0.25, 0.3) is 5.91 Å². The van der Waals surface area contributed by atoms with Gasteiger partial charge >= 0.3 is 0 Å². The molecule has 0 unspecified atom stereocenters. The van der Waals surface area contributed by atoms with Gasteiger partial charge in [-0.1, -0.05) is 41.9 Å². The monoisotopic (exact) mass is 556 g/mol. The summed E-state index contributed by atoms with van der Waals surface area (Å²) in [6.07, 6.45) is 0. The minimum Gasteiger partial charge on any atom is -0.497 e. The summed E-state index contributed by atoms with van der Waals surface area (Å²) in [5.74, 6) is 0.519. The van der Waals surface area contributed by atoms with Gasteiger partial charge in [-0.25, -0.2) is 0 Å². The number of aryl methyl sites for hydroxylation is 1. The first-order valence-corrected chi connectivity index (χ1v) is 13.1. The lowest BCUT2D eigenvalue weighted by Crippen LogP contribution is -2.46. The lowest BCUT2D eigenvalue weighted by Gasteiger charge is -2.42. The zero-order valence-electron chi connectivity index (χ0n) is 22.6. The molecule has 2 atom stereocenters. The molecule has 0 saturated carbocycles. The van der Waals surface area contributed by atoms with Crippen LogP contribution in [-0.4, -0.2) is 33.1 Å². The van der Waals surface area contributed by atoms with Crippen LogP contribution in [0.1, 0.15) is 39.0 Å². The highest BCUT2D eigenvalue weighted by atomic mass is 35.5. The van der Waals surface area contributed by atoms with Crippen LogP contribution >= 0.6 is 11.6 Å². The van der Waals surface area contributed by atoms with Crippen molar-refractivity contribution in [1.29, 1.82) is 0 Å². The van der Waals surface area contributed by atoms with Crippen LogP contribution in [0, 0.1) is 6.92 Å². The largest absolute Gasteiger partial charge is 0.497 e. The van der Waals surface area contributed by atoms with Gasteiger partial charge in [-0.15, -0.1) is 0 Å². The molecule has 4 aromatic carbocycles. The number of carbonyl (C=O) groups is 2. The quantitative estimate of drug-likeness (QED) is 0.271. The molecule has 5 rings (SSSR count). The van der Waals surface area contributed by atoms with Crippen molar-refractivity contribution >= 4 is 34.8 Å². The minimum atomic E-state index is -0.759. The summed E-state index contributed by atoms with van der Waals surface area (Å²) in [5, 5.41) is 3.59. The number of hydrogen-bond acceptors (Lipinski definition) is 5. The summed E-state index contributed by atoms with van der Waals surface area (Å²) < 4.78 is 16.2. The number of rotatable bonds is 7. The van der Waals surface area contributed by atoms with Gasteiger partial charge in [-0.05, 0) is 72.1 Å². The highest BCUT2D eigenvalue weighted by molar-refractivity contribution is 6.31. The molecule has 1 N–H and O–H groups in total. The van der Waals surface area contributed by atoms with Crippen LogP contribution in [0.25, 0.3) is 0 Å². The van der Waals surface area contributed by atoms with E-state index in [1.165, 1.54) is 7.11 Å².